The maximum atomic E-state index is 14.6. The van der Waals surface area contributed by atoms with Gasteiger partial charge in [-0.25, -0.2) is 14.4 Å². The van der Waals surface area contributed by atoms with E-state index < -0.39 is 0 Å². The Morgan fingerprint density at radius 1 is 0.690 bits per heavy atom. The maximum absolute atomic E-state index is 14.6. The molecule has 0 radical (unpaired) electrons. The summed E-state index contributed by atoms with van der Waals surface area (Å²) in [5.74, 6) is 0.470. The highest BCUT2D eigenvalue weighted by molar-refractivity contribution is 5.64. The van der Waals surface area contributed by atoms with Crippen molar-refractivity contribution in [3.05, 3.63) is 71.8 Å². The van der Waals surface area contributed by atoms with E-state index in [9.17, 15) is 4.39 Å². The fourth-order valence-corrected chi connectivity index (χ4v) is 3.54. The molecule has 0 amide bonds. The Bertz CT molecular complexity index is 886. The van der Waals surface area contributed by atoms with Gasteiger partial charge in [0.05, 0.1) is 0 Å². The summed E-state index contributed by atoms with van der Waals surface area (Å²) in [6, 6.07) is 14.0. The van der Waals surface area contributed by atoms with Crippen LogP contribution >= 0.6 is 0 Å². The normalized spacial score (nSPS) is 11.0. The van der Waals surface area contributed by atoms with Gasteiger partial charge in [0.1, 0.15) is 5.82 Å². The van der Waals surface area contributed by atoms with E-state index in [0.29, 0.717) is 17.0 Å². The molecule has 0 aliphatic carbocycles. The average Bonchev–Trinajstić information content (AvgIpc) is 2.75. The van der Waals surface area contributed by atoms with Gasteiger partial charge in [0.2, 0.25) is 0 Å². The van der Waals surface area contributed by atoms with Crippen LogP contribution in [-0.4, -0.2) is 9.97 Å². The molecule has 0 saturated heterocycles. The minimum Gasteiger partial charge on any atom is -0.236 e. The summed E-state index contributed by atoms with van der Waals surface area (Å²) < 4.78 is 14.6. The molecule has 3 rings (SSSR count). The summed E-state index contributed by atoms with van der Waals surface area (Å²) in [5.41, 5.74) is 4.66. The summed E-state index contributed by atoms with van der Waals surface area (Å²) in [7, 11) is 0. The maximum Gasteiger partial charge on any atom is 0.159 e. The van der Waals surface area contributed by atoms with Crippen molar-refractivity contribution in [3.8, 4) is 22.5 Å². The van der Waals surface area contributed by atoms with Crippen molar-refractivity contribution in [3.63, 3.8) is 0 Å². The second kappa shape index (κ2) is 10.8. The van der Waals surface area contributed by atoms with Crippen molar-refractivity contribution < 1.29 is 4.39 Å². The lowest BCUT2D eigenvalue weighted by Crippen LogP contribution is -1.94. The number of benzene rings is 2. The molecule has 0 saturated carbocycles. The molecule has 2 aromatic carbocycles. The van der Waals surface area contributed by atoms with Crippen LogP contribution in [0.5, 0.6) is 0 Å². The van der Waals surface area contributed by atoms with E-state index in [1.165, 1.54) is 37.7 Å². The molecule has 0 aliphatic rings. The molecule has 0 N–H and O–H groups in total. The van der Waals surface area contributed by atoms with E-state index in [1.807, 2.05) is 12.1 Å². The zero-order valence-electron chi connectivity index (χ0n) is 17.6. The highest BCUT2D eigenvalue weighted by atomic mass is 19.1. The largest absolute Gasteiger partial charge is 0.236 e. The van der Waals surface area contributed by atoms with Crippen molar-refractivity contribution in [1.29, 1.82) is 0 Å². The number of unbranched alkanes of at least 4 members (excludes halogenated alkanes) is 4. The number of halogens is 1. The second-order valence-corrected chi connectivity index (χ2v) is 7.72. The van der Waals surface area contributed by atoms with Crippen LogP contribution in [0.1, 0.15) is 63.5 Å². The zero-order chi connectivity index (χ0) is 20.5. The van der Waals surface area contributed by atoms with Crippen LogP contribution in [0, 0.1) is 5.82 Å². The first-order valence-corrected chi connectivity index (χ1v) is 10.9. The van der Waals surface area contributed by atoms with Gasteiger partial charge >= 0.3 is 0 Å². The molecule has 1 aromatic heterocycles. The van der Waals surface area contributed by atoms with Crippen LogP contribution in [0.25, 0.3) is 22.5 Å². The Morgan fingerprint density at radius 2 is 1.28 bits per heavy atom. The predicted molar refractivity (Wildman–Crippen MR) is 119 cm³/mol. The fourth-order valence-electron chi connectivity index (χ4n) is 3.54. The first-order valence-electron chi connectivity index (χ1n) is 10.9. The number of hydrogen-bond donors (Lipinski definition) is 0. The molecule has 152 valence electrons. The Balaban J connectivity index is 1.68. The molecule has 0 fully saturated rings. The number of hydrogen-bond acceptors (Lipinski definition) is 2. The minimum absolute atomic E-state index is 0.202. The SMILES string of the molecule is CCCCCc1ccc(-c2ncc(-c3ccc(CCCCC)cc3F)cn2)cc1. The molecular formula is C26H31FN2. The summed E-state index contributed by atoms with van der Waals surface area (Å²) in [6.07, 6.45) is 12.7. The Kier molecular flexibility index (Phi) is 7.92. The molecule has 3 aromatic rings. The second-order valence-electron chi connectivity index (χ2n) is 7.72. The lowest BCUT2D eigenvalue weighted by Gasteiger charge is -2.07. The lowest BCUT2D eigenvalue weighted by molar-refractivity contribution is 0.626. The molecule has 0 spiro atoms. The third-order valence-electron chi connectivity index (χ3n) is 5.35. The van der Waals surface area contributed by atoms with E-state index in [-0.39, 0.29) is 5.82 Å². The van der Waals surface area contributed by atoms with E-state index in [1.54, 1.807) is 18.5 Å². The van der Waals surface area contributed by atoms with Gasteiger partial charge in [-0.1, -0.05) is 75.9 Å². The molecule has 0 bridgehead atoms. The number of rotatable bonds is 10. The highest BCUT2D eigenvalue weighted by Crippen LogP contribution is 2.25. The first kappa shape index (κ1) is 21.2. The average molecular weight is 391 g/mol. The Hall–Kier alpha value is -2.55. The molecule has 0 atom stereocenters. The van der Waals surface area contributed by atoms with Crippen LogP contribution in [0.15, 0.2) is 54.9 Å². The van der Waals surface area contributed by atoms with Gasteiger partial charge in [-0.05, 0) is 42.9 Å². The van der Waals surface area contributed by atoms with E-state index >= 15 is 0 Å². The van der Waals surface area contributed by atoms with Crippen LogP contribution < -0.4 is 0 Å². The predicted octanol–water partition coefficient (Wildman–Crippen LogP) is 7.42. The van der Waals surface area contributed by atoms with Crippen LogP contribution in [0.3, 0.4) is 0 Å². The van der Waals surface area contributed by atoms with Crippen molar-refractivity contribution in [1.82, 2.24) is 9.97 Å². The van der Waals surface area contributed by atoms with Crippen LogP contribution in [0.2, 0.25) is 0 Å². The smallest absolute Gasteiger partial charge is 0.159 e. The summed E-state index contributed by atoms with van der Waals surface area (Å²) in [5, 5.41) is 0. The van der Waals surface area contributed by atoms with Gasteiger partial charge in [0.25, 0.3) is 0 Å². The number of aromatic nitrogens is 2. The van der Waals surface area contributed by atoms with Gasteiger partial charge < -0.3 is 0 Å². The van der Waals surface area contributed by atoms with Gasteiger partial charge in [0, 0.05) is 29.1 Å². The first-order chi connectivity index (χ1) is 14.2. The topological polar surface area (TPSA) is 25.8 Å². The van der Waals surface area contributed by atoms with Crippen LogP contribution in [0.4, 0.5) is 4.39 Å². The van der Waals surface area contributed by atoms with E-state index in [4.69, 9.17) is 0 Å². The molecule has 0 aliphatic heterocycles. The van der Waals surface area contributed by atoms with Gasteiger partial charge in [-0.15, -0.1) is 0 Å². The third-order valence-corrected chi connectivity index (χ3v) is 5.35. The minimum atomic E-state index is -0.202. The highest BCUT2D eigenvalue weighted by Gasteiger charge is 2.09. The summed E-state index contributed by atoms with van der Waals surface area (Å²) in [4.78, 5) is 8.95. The van der Waals surface area contributed by atoms with Crippen molar-refractivity contribution in [2.75, 3.05) is 0 Å². The molecule has 3 heteroatoms. The van der Waals surface area contributed by atoms with Crippen molar-refractivity contribution in [2.45, 2.75) is 65.2 Å². The van der Waals surface area contributed by atoms with Crippen molar-refractivity contribution in [2.24, 2.45) is 0 Å². The molecule has 0 unspecified atom stereocenters. The van der Waals surface area contributed by atoms with Crippen molar-refractivity contribution >= 4 is 0 Å². The molecule has 1 heterocycles. The lowest BCUT2D eigenvalue weighted by atomic mass is 10.0. The standard InChI is InChI=1S/C26H31FN2/c1-3-5-7-9-20-11-14-22(15-12-20)26-28-18-23(19-29-26)24-16-13-21(17-25(24)27)10-8-6-4-2/h11-19H,3-10H2,1-2H3. The molecular weight excluding hydrogens is 359 g/mol. The van der Waals surface area contributed by atoms with E-state index in [2.05, 4.69) is 48.1 Å². The molecule has 29 heavy (non-hydrogen) atoms. The fraction of sp³-hybridized carbons (Fsp3) is 0.385. The monoisotopic (exact) mass is 390 g/mol. The number of nitrogens with zero attached hydrogens (tertiary/aromatic N) is 2. The number of aryl methyl sites for hydroxylation is 2. The Morgan fingerprint density at radius 3 is 1.86 bits per heavy atom. The molecule has 2 nitrogen and oxygen atoms in total. The summed E-state index contributed by atoms with van der Waals surface area (Å²) >= 11 is 0. The quantitative estimate of drug-likeness (QED) is 0.337. The van der Waals surface area contributed by atoms with Crippen LogP contribution in [-0.2, 0) is 12.8 Å². The van der Waals surface area contributed by atoms with Gasteiger partial charge in [-0.3, -0.25) is 0 Å². The Labute approximate surface area is 174 Å². The van der Waals surface area contributed by atoms with Gasteiger partial charge in [-0.2, -0.15) is 0 Å². The van der Waals surface area contributed by atoms with E-state index in [0.717, 1.165) is 30.4 Å². The third kappa shape index (κ3) is 5.96. The summed E-state index contributed by atoms with van der Waals surface area (Å²) in [6.45, 7) is 4.40. The zero-order valence-corrected chi connectivity index (χ0v) is 17.6. The van der Waals surface area contributed by atoms with Gasteiger partial charge in [0.15, 0.2) is 5.82 Å².